The molecule has 0 atom stereocenters. The Hall–Kier alpha value is -1.93. The molecule has 26 heavy (non-hydrogen) atoms. The fraction of sp³-hybridized carbons (Fsp3) is 0.333. The summed E-state index contributed by atoms with van der Waals surface area (Å²) in [6.07, 6.45) is 1.55. The average molecular weight is 441 g/mol. The first-order chi connectivity index (χ1) is 12.1. The minimum atomic E-state index is -3.67. The van der Waals surface area contributed by atoms with Gasteiger partial charge in [0.2, 0.25) is 10.0 Å². The number of carbonyl (C=O) groups is 2. The fourth-order valence-electron chi connectivity index (χ4n) is 2.99. The summed E-state index contributed by atoms with van der Waals surface area (Å²) in [6, 6.07) is 6.73. The van der Waals surface area contributed by atoms with E-state index in [2.05, 4.69) is 20.9 Å². The molecule has 0 amide bonds. The number of aromatic amines is 1. The highest BCUT2D eigenvalue weighted by atomic mass is 79.9. The highest BCUT2D eigenvalue weighted by molar-refractivity contribution is 9.10. The lowest BCUT2D eigenvalue weighted by Crippen LogP contribution is -2.35. The van der Waals surface area contributed by atoms with Gasteiger partial charge in [-0.2, -0.15) is 0 Å². The van der Waals surface area contributed by atoms with E-state index >= 15 is 0 Å². The third kappa shape index (κ3) is 4.24. The van der Waals surface area contributed by atoms with Gasteiger partial charge < -0.3 is 4.98 Å². The van der Waals surface area contributed by atoms with Gasteiger partial charge in [0.15, 0.2) is 11.6 Å². The number of aryl methyl sites for hydroxylation is 1. The number of Topliss-reactive ketones (excluding diaryl/α,β-unsaturated/α-hetero) is 2. The van der Waals surface area contributed by atoms with E-state index in [0.29, 0.717) is 39.1 Å². The number of anilines is 1. The first-order valence-corrected chi connectivity index (χ1v) is 10.7. The monoisotopic (exact) mass is 440 g/mol. The van der Waals surface area contributed by atoms with Crippen LogP contribution >= 0.6 is 15.9 Å². The van der Waals surface area contributed by atoms with Crippen LogP contribution in [0.4, 0.5) is 5.69 Å². The van der Waals surface area contributed by atoms with Gasteiger partial charge in [-0.15, -0.1) is 0 Å². The highest BCUT2D eigenvalue weighted by Crippen LogP contribution is 2.25. The Morgan fingerprint density at radius 3 is 2.42 bits per heavy atom. The Morgan fingerprint density at radius 1 is 1.27 bits per heavy atom. The van der Waals surface area contributed by atoms with Crippen molar-refractivity contribution in [1.82, 2.24) is 4.98 Å². The Balaban J connectivity index is 2.46. The molecular weight excluding hydrogens is 420 g/mol. The molecule has 0 saturated carbocycles. The summed E-state index contributed by atoms with van der Waals surface area (Å²) in [4.78, 5) is 27.7. The van der Waals surface area contributed by atoms with Gasteiger partial charge in [-0.25, -0.2) is 8.42 Å². The number of benzene rings is 1. The molecule has 0 aliphatic rings. The molecule has 0 fully saturated rings. The van der Waals surface area contributed by atoms with Crippen LogP contribution in [0.5, 0.6) is 0 Å². The zero-order valence-electron chi connectivity index (χ0n) is 15.1. The Kier molecular flexibility index (Phi) is 6.08. The number of H-pyrrole nitrogens is 1. The van der Waals surface area contributed by atoms with Gasteiger partial charge in [0.05, 0.1) is 24.2 Å². The number of carbonyl (C=O) groups excluding carboxylic acids is 2. The van der Waals surface area contributed by atoms with Gasteiger partial charge in [0, 0.05) is 15.7 Å². The number of halogens is 1. The maximum Gasteiger partial charge on any atom is 0.232 e. The molecule has 0 aliphatic heterocycles. The van der Waals surface area contributed by atoms with E-state index in [4.69, 9.17) is 0 Å². The number of hydrogen-bond donors (Lipinski definition) is 1. The van der Waals surface area contributed by atoms with E-state index in [1.165, 1.54) is 6.92 Å². The van der Waals surface area contributed by atoms with E-state index < -0.39 is 10.0 Å². The molecule has 0 saturated heterocycles. The van der Waals surface area contributed by atoms with Crippen LogP contribution in [0.15, 0.2) is 28.7 Å². The molecule has 2 aromatic rings. The zero-order chi connectivity index (χ0) is 19.6. The van der Waals surface area contributed by atoms with Crippen molar-refractivity contribution in [3.63, 3.8) is 0 Å². The summed E-state index contributed by atoms with van der Waals surface area (Å²) in [5.74, 6) is -0.510. The predicted molar refractivity (Wildman–Crippen MR) is 106 cm³/mol. The minimum absolute atomic E-state index is 0.124. The third-order valence-electron chi connectivity index (χ3n) is 4.06. The molecular formula is C18H21BrN2O4S. The molecule has 6 nitrogen and oxygen atoms in total. The van der Waals surface area contributed by atoms with Crippen molar-refractivity contribution in [3.8, 4) is 0 Å². The molecule has 8 heteroatoms. The SMILES string of the molecule is CCc1c(C(=O)CN(c2cccc(Br)c2)S(C)(=O)=O)[nH]c(C)c1C(C)=O. The molecule has 1 aromatic carbocycles. The van der Waals surface area contributed by atoms with Gasteiger partial charge in [-0.05, 0) is 44.0 Å². The second-order valence-corrected chi connectivity index (χ2v) is 8.88. The number of hydrogen-bond acceptors (Lipinski definition) is 4. The molecule has 1 aromatic heterocycles. The van der Waals surface area contributed by atoms with Crippen molar-refractivity contribution >= 4 is 43.2 Å². The molecule has 140 valence electrons. The van der Waals surface area contributed by atoms with Crippen LogP contribution in [0.3, 0.4) is 0 Å². The van der Waals surface area contributed by atoms with Crippen molar-refractivity contribution in [2.45, 2.75) is 27.2 Å². The van der Waals surface area contributed by atoms with Crippen LogP contribution in [0, 0.1) is 6.92 Å². The molecule has 0 spiro atoms. The zero-order valence-corrected chi connectivity index (χ0v) is 17.5. The number of nitrogens with zero attached hydrogens (tertiary/aromatic N) is 1. The van der Waals surface area contributed by atoms with E-state index in [1.54, 1.807) is 31.2 Å². The highest BCUT2D eigenvalue weighted by Gasteiger charge is 2.26. The van der Waals surface area contributed by atoms with Crippen LogP contribution in [-0.4, -0.2) is 37.8 Å². The number of nitrogens with one attached hydrogen (secondary N) is 1. The smallest absolute Gasteiger partial charge is 0.232 e. The van der Waals surface area contributed by atoms with Crippen molar-refractivity contribution in [2.24, 2.45) is 0 Å². The van der Waals surface area contributed by atoms with Crippen LogP contribution in [-0.2, 0) is 16.4 Å². The van der Waals surface area contributed by atoms with Gasteiger partial charge >= 0.3 is 0 Å². The van der Waals surface area contributed by atoms with Crippen molar-refractivity contribution < 1.29 is 18.0 Å². The van der Waals surface area contributed by atoms with Crippen molar-refractivity contribution in [3.05, 3.63) is 51.3 Å². The topological polar surface area (TPSA) is 87.3 Å². The summed E-state index contributed by atoms with van der Waals surface area (Å²) >= 11 is 3.31. The number of ketones is 2. The van der Waals surface area contributed by atoms with Crippen LogP contribution in [0.1, 0.15) is 46.0 Å². The molecule has 1 heterocycles. The van der Waals surface area contributed by atoms with Gasteiger partial charge in [-0.3, -0.25) is 13.9 Å². The Bertz CT molecular complexity index is 964. The number of sulfonamides is 1. The number of rotatable bonds is 7. The predicted octanol–water partition coefficient (Wildman–Crippen LogP) is 3.50. The van der Waals surface area contributed by atoms with E-state index in [9.17, 15) is 18.0 Å². The van der Waals surface area contributed by atoms with Crippen molar-refractivity contribution in [1.29, 1.82) is 0 Å². The van der Waals surface area contributed by atoms with E-state index in [0.717, 1.165) is 10.6 Å². The summed E-state index contributed by atoms with van der Waals surface area (Å²) in [6.45, 7) is 4.69. The molecule has 0 aliphatic carbocycles. The van der Waals surface area contributed by atoms with Gasteiger partial charge in [-0.1, -0.05) is 28.9 Å². The molecule has 0 unspecified atom stereocenters. The standard InChI is InChI=1S/C18H21BrN2O4S/c1-5-15-17(12(3)22)11(2)20-18(15)16(23)10-21(26(4,24)25)14-8-6-7-13(19)9-14/h6-9,20H,5,10H2,1-4H3. The fourth-order valence-corrected chi connectivity index (χ4v) is 4.22. The summed E-state index contributed by atoms with van der Waals surface area (Å²) < 4.78 is 26.2. The van der Waals surface area contributed by atoms with Crippen LogP contribution in [0.25, 0.3) is 0 Å². The van der Waals surface area contributed by atoms with Crippen LogP contribution in [0.2, 0.25) is 0 Å². The quantitative estimate of drug-likeness (QED) is 0.667. The summed E-state index contributed by atoms with van der Waals surface area (Å²) in [7, 11) is -3.67. The molecule has 2 rings (SSSR count). The lowest BCUT2D eigenvalue weighted by Gasteiger charge is -2.22. The Morgan fingerprint density at radius 2 is 1.92 bits per heavy atom. The largest absolute Gasteiger partial charge is 0.355 e. The normalized spacial score (nSPS) is 11.4. The van der Waals surface area contributed by atoms with Gasteiger partial charge in [0.25, 0.3) is 0 Å². The third-order valence-corrected chi connectivity index (χ3v) is 5.69. The summed E-state index contributed by atoms with van der Waals surface area (Å²) in [5, 5.41) is 0. The summed E-state index contributed by atoms with van der Waals surface area (Å²) in [5.41, 5.74) is 2.43. The molecule has 1 N–H and O–H groups in total. The lowest BCUT2D eigenvalue weighted by atomic mass is 10.0. The van der Waals surface area contributed by atoms with Gasteiger partial charge in [0.1, 0.15) is 0 Å². The molecule has 0 radical (unpaired) electrons. The molecule has 0 bridgehead atoms. The van der Waals surface area contributed by atoms with E-state index in [-0.39, 0.29) is 18.1 Å². The van der Waals surface area contributed by atoms with Crippen molar-refractivity contribution in [2.75, 3.05) is 17.1 Å². The second kappa shape index (κ2) is 7.75. The first kappa shape index (κ1) is 20.4. The van der Waals surface area contributed by atoms with Crippen LogP contribution < -0.4 is 4.31 Å². The lowest BCUT2D eigenvalue weighted by molar-refractivity contribution is 0.0996. The number of aromatic nitrogens is 1. The minimum Gasteiger partial charge on any atom is -0.355 e. The first-order valence-electron chi connectivity index (χ1n) is 8.05. The van der Waals surface area contributed by atoms with E-state index in [1.807, 2.05) is 6.92 Å². The second-order valence-electron chi connectivity index (χ2n) is 6.06. The average Bonchev–Trinajstić information content (AvgIpc) is 2.88. The maximum atomic E-state index is 12.9. The Labute approximate surface area is 161 Å². The maximum absolute atomic E-state index is 12.9.